The van der Waals surface area contributed by atoms with Crippen molar-refractivity contribution >= 4 is 0 Å². The van der Waals surface area contributed by atoms with E-state index in [0.717, 1.165) is 29.8 Å². The summed E-state index contributed by atoms with van der Waals surface area (Å²) in [6.45, 7) is 6.30. The van der Waals surface area contributed by atoms with Gasteiger partial charge in [0.15, 0.2) is 0 Å². The fraction of sp³-hybridized carbons (Fsp3) is 1.00. The van der Waals surface area contributed by atoms with Crippen molar-refractivity contribution in [3.63, 3.8) is 0 Å². The van der Waals surface area contributed by atoms with Crippen LogP contribution in [0.3, 0.4) is 0 Å². The Morgan fingerprint density at radius 3 is 2.75 bits per heavy atom. The van der Waals surface area contributed by atoms with Gasteiger partial charge in [-0.1, -0.05) is 13.8 Å². The lowest BCUT2D eigenvalue weighted by molar-refractivity contribution is 0.128. The normalized spacial score (nSPS) is 58.0. The van der Waals surface area contributed by atoms with Crippen LogP contribution in [-0.4, -0.2) is 23.5 Å². The monoisotopic (exact) mass is 165 g/mol. The first-order valence-electron chi connectivity index (χ1n) is 5.53. The number of piperidine rings is 1. The van der Waals surface area contributed by atoms with Gasteiger partial charge in [-0.05, 0) is 43.6 Å². The van der Waals surface area contributed by atoms with E-state index in [1.807, 2.05) is 0 Å². The SMILES string of the molecule is CC1CC2CC1N1CCC(C)C21. The van der Waals surface area contributed by atoms with Crippen molar-refractivity contribution in [2.24, 2.45) is 17.8 Å². The first-order valence-corrected chi connectivity index (χ1v) is 5.53. The van der Waals surface area contributed by atoms with Crippen LogP contribution in [0, 0.1) is 17.8 Å². The molecule has 0 radical (unpaired) electrons. The van der Waals surface area contributed by atoms with Crippen LogP contribution in [0.1, 0.15) is 33.1 Å². The zero-order valence-electron chi connectivity index (χ0n) is 8.16. The highest BCUT2D eigenvalue weighted by Crippen LogP contribution is 2.51. The second-order valence-electron chi connectivity index (χ2n) is 5.27. The Morgan fingerprint density at radius 1 is 1.08 bits per heavy atom. The zero-order chi connectivity index (χ0) is 8.29. The van der Waals surface area contributed by atoms with E-state index < -0.39 is 0 Å². The average molecular weight is 165 g/mol. The fourth-order valence-electron chi connectivity index (χ4n) is 4.14. The van der Waals surface area contributed by atoms with E-state index in [-0.39, 0.29) is 0 Å². The minimum atomic E-state index is 0.977. The van der Waals surface area contributed by atoms with E-state index >= 15 is 0 Å². The van der Waals surface area contributed by atoms with E-state index in [2.05, 4.69) is 18.7 Å². The summed E-state index contributed by atoms with van der Waals surface area (Å²) in [6.07, 6.45) is 4.51. The highest BCUT2D eigenvalue weighted by atomic mass is 15.3. The molecular formula is C11H19N. The van der Waals surface area contributed by atoms with Gasteiger partial charge >= 0.3 is 0 Å². The highest BCUT2D eigenvalue weighted by molar-refractivity contribution is 5.06. The predicted octanol–water partition coefficient (Wildman–Crippen LogP) is 2.13. The quantitative estimate of drug-likeness (QED) is 0.531. The molecule has 0 N–H and O–H groups in total. The molecule has 1 saturated carbocycles. The lowest BCUT2D eigenvalue weighted by Crippen LogP contribution is -2.41. The summed E-state index contributed by atoms with van der Waals surface area (Å²) < 4.78 is 0. The molecule has 0 aromatic heterocycles. The first kappa shape index (κ1) is 7.37. The van der Waals surface area contributed by atoms with Gasteiger partial charge in [0.05, 0.1) is 0 Å². The number of nitrogens with zero attached hydrogens (tertiary/aromatic N) is 1. The van der Waals surface area contributed by atoms with Gasteiger partial charge in [0, 0.05) is 12.1 Å². The lowest BCUT2D eigenvalue weighted by Gasteiger charge is -2.34. The van der Waals surface area contributed by atoms with Crippen molar-refractivity contribution in [1.29, 1.82) is 0 Å². The van der Waals surface area contributed by atoms with Crippen molar-refractivity contribution in [2.45, 2.75) is 45.2 Å². The molecule has 2 saturated heterocycles. The second-order valence-corrected chi connectivity index (χ2v) is 5.27. The summed E-state index contributed by atoms with van der Waals surface area (Å²) in [5.74, 6) is 3.06. The van der Waals surface area contributed by atoms with Crippen LogP contribution in [0.15, 0.2) is 0 Å². The van der Waals surface area contributed by atoms with Crippen LogP contribution in [0.2, 0.25) is 0 Å². The molecule has 0 amide bonds. The van der Waals surface area contributed by atoms with Gasteiger partial charge in [-0.15, -0.1) is 0 Å². The van der Waals surface area contributed by atoms with E-state index in [1.165, 1.54) is 25.8 Å². The standard InChI is InChI=1S/C11H19N/c1-7-3-4-12-10-6-9(11(7)12)5-8(10)2/h7-11H,3-6H2,1-2H3. The zero-order valence-corrected chi connectivity index (χ0v) is 8.16. The maximum absolute atomic E-state index is 2.82. The topological polar surface area (TPSA) is 3.24 Å². The lowest BCUT2D eigenvalue weighted by atomic mass is 9.88. The summed E-state index contributed by atoms with van der Waals surface area (Å²) in [6, 6.07) is 1.97. The number of fused-ring (bicyclic) bond motifs is 5. The maximum Gasteiger partial charge on any atom is 0.0153 e. The summed E-state index contributed by atoms with van der Waals surface area (Å²) in [5, 5.41) is 0. The second kappa shape index (κ2) is 2.25. The molecule has 1 aliphatic carbocycles. The Bertz CT molecular complexity index is 201. The molecule has 0 aromatic rings. The van der Waals surface area contributed by atoms with Crippen LogP contribution in [-0.2, 0) is 0 Å². The molecule has 1 nitrogen and oxygen atoms in total. The van der Waals surface area contributed by atoms with Crippen LogP contribution in [0.4, 0.5) is 0 Å². The van der Waals surface area contributed by atoms with Crippen molar-refractivity contribution in [3.8, 4) is 0 Å². The summed E-state index contributed by atoms with van der Waals surface area (Å²) in [5.41, 5.74) is 0. The molecule has 5 unspecified atom stereocenters. The fourth-order valence-corrected chi connectivity index (χ4v) is 4.14. The Labute approximate surface area is 75.1 Å². The van der Waals surface area contributed by atoms with Gasteiger partial charge in [0.2, 0.25) is 0 Å². The first-order chi connectivity index (χ1) is 5.77. The maximum atomic E-state index is 2.82. The van der Waals surface area contributed by atoms with Gasteiger partial charge in [0.1, 0.15) is 0 Å². The molecule has 1 heteroatoms. The Kier molecular flexibility index (Phi) is 1.39. The molecule has 2 heterocycles. The third kappa shape index (κ3) is 0.736. The molecule has 68 valence electrons. The number of hydrogen-bond donors (Lipinski definition) is 0. The molecule has 2 aliphatic heterocycles. The summed E-state index contributed by atoms with van der Waals surface area (Å²) in [4.78, 5) is 2.82. The van der Waals surface area contributed by atoms with Gasteiger partial charge < -0.3 is 0 Å². The minimum absolute atomic E-state index is 0.977. The average Bonchev–Trinajstić information content (AvgIpc) is 2.62. The van der Waals surface area contributed by atoms with Crippen molar-refractivity contribution in [2.75, 3.05) is 6.54 Å². The molecule has 3 rings (SSSR count). The third-order valence-corrected chi connectivity index (χ3v) is 4.59. The van der Waals surface area contributed by atoms with Gasteiger partial charge in [0.25, 0.3) is 0 Å². The molecule has 2 bridgehead atoms. The smallest absolute Gasteiger partial charge is 0.0153 e. The Hall–Kier alpha value is -0.0400. The summed E-state index contributed by atoms with van der Waals surface area (Å²) in [7, 11) is 0. The van der Waals surface area contributed by atoms with E-state index in [0.29, 0.717) is 0 Å². The van der Waals surface area contributed by atoms with Crippen molar-refractivity contribution < 1.29 is 0 Å². The van der Waals surface area contributed by atoms with E-state index in [9.17, 15) is 0 Å². The van der Waals surface area contributed by atoms with Gasteiger partial charge in [-0.2, -0.15) is 0 Å². The van der Waals surface area contributed by atoms with Gasteiger partial charge in [-0.3, -0.25) is 4.90 Å². The Morgan fingerprint density at radius 2 is 1.92 bits per heavy atom. The van der Waals surface area contributed by atoms with Crippen LogP contribution in [0.5, 0.6) is 0 Å². The molecule has 12 heavy (non-hydrogen) atoms. The largest absolute Gasteiger partial charge is 0.297 e. The number of hydrogen-bond acceptors (Lipinski definition) is 1. The molecule has 5 atom stereocenters. The summed E-state index contributed by atoms with van der Waals surface area (Å²) >= 11 is 0. The van der Waals surface area contributed by atoms with Gasteiger partial charge in [-0.25, -0.2) is 0 Å². The van der Waals surface area contributed by atoms with Crippen LogP contribution < -0.4 is 0 Å². The van der Waals surface area contributed by atoms with Crippen LogP contribution >= 0.6 is 0 Å². The molecular weight excluding hydrogens is 146 g/mol. The highest BCUT2D eigenvalue weighted by Gasteiger charge is 2.53. The minimum Gasteiger partial charge on any atom is -0.297 e. The van der Waals surface area contributed by atoms with Crippen molar-refractivity contribution in [3.05, 3.63) is 0 Å². The van der Waals surface area contributed by atoms with E-state index in [1.54, 1.807) is 0 Å². The van der Waals surface area contributed by atoms with Crippen LogP contribution in [0.25, 0.3) is 0 Å². The Balaban J connectivity index is 1.89. The number of rotatable bonds is 0. The molecule has 3 fully saturated rings. The molecule has 0 aromatic carbocycles. The third-order valence-electron chi connectivity index (χ3n) is 4.59. The van der Waals surface area contributed by atoms with E-state index in [4.69, 9.17) is 0 Å². The molecule has 3 aliphatic rings. The molecule has 0 spiro atoms. The predicted molar refractivity (Wildman–Crippen MR) is 50.0 cm³/mol. The van der Waals surface area contributed by atoms with Crippen molar-refractivity contribution in [1.82, 2.24) is 4.90 Å².